The van der Waals surface area contributed by atoms with E-state index in [0.29, 0.717) is 24.7 Å². The van der Waals surface area contributed by atoms with Crippen molar-refractivity contribution in [2.24, 2.45) is 11.5 Å². The molecule has 17 nitrogen and oxygen atoms in total. The number of pyridine rings is 5. The molecule has 386 valence electrons. The number of fused-ring (bicyclic) bond motifs is 2. The van der Waals surface area contributed by atoms with Gasteiger partial charge in [-0.3, -0.25) is 24.8 Å². The lowest BCUT2D eigenvalue weighted by atomic mass is 9.98. The topological polar surface area (TPSA) is 260 Å². The van der Waals surface area contributed by atoms with Crippen LogP contribution in [-0.2, 0) is 42.4 Å². The fourth-order valence-electron chi connectivity index (χ4n) is 7.55. The van der Waals surface area contributed by atoms with Crippen LogP contribution in [0.1, 0.15) is 100.0 Å². The number of amides is 4. The second kappa shape index (κ2) is 27.0. The molecule has 2 aliphatic rings. The van der Waals surface area contributed by atoms with Gasteiger partial charge in [-0.25, -0.2) is 44.8 Å². The highest BCUT2D eigenvalue weighted by Gasteiger charge is 2.24. The summed E-state index contributed by atoms with van der Waals surface area (Å²) in [7, 11) is -8.91. The molecule has 3 atom stereocenters. The van der Waals surface area contributed by atoms with E-state index < -0.39 is 41.6 Å². The molecule has 0 saturated carbocycles. The molecule has 4 N–H and O–H groups in total. The van der Waals surface area contributed by atoms with Gasteiger partial charge in [-0.05, 0) is 149 Å². The highest BCUT2D eigenvalue weighted by Crippen LogP contribution is 2.31. The minimum absolute atomic E-state index is 0.0139. The predicted molar refractivity (Wildman–Crippen MR) is 292 cm³/mol. The first-order valence-electron chi connectivity index (χ1n) is 22.9. The largest absolute Gasteiger partial charge is 0.351 e. The number of aromatic nitrogens is 5. The number of rotatable bonds is 13. The van der Waals surface area contributed by atoms with Gasteiger partial charge < -0.3 is 11.5 Å². The highest BCUT2D eigenvalue weighted by molar-refractivity contribution is 9.11. The highest BCUT2D eigenvalue weighted by atomic mass is 79.9. The molecule has 0 spiro atoms. The number of carbonyl (C=O) groups excluding carboxylic acids is 2. The Morgan fingerprint density at radius 3 is 1.27 bits per heavy atom. The van der Waals surface area contributed by atoms with E-state index in [1.54, 1.807) is 70.3 Å². The maximum Gasteiger partial charge on any atom is 0.320 e. The molecular formula is C48H62Br3N9O8S3. The third kappa shape index (κ3) is 18.5. The first kappa shape index (κ1) is 59.1. The molecule has 0 radical (unpaired) electrons. The number of urea groups is 2. The Morgan fingerprint density at radius 2 is 0.873 bits per heavy atom. The maximum absolute atomic E-state index is 11.9. The van der Waals surface area contributed by atoms with E-state index in [9.17, 15) is 34.8 Å². The molecule has 7 rings (SSSR count). The molecule has 4 amide bonds. The van der Waals surface area contributed by atoms with Gasteiger partial charge in [0.15, 0.2) is 29.5 Å². The summed E-state index contributed by atoms with van der Waals surface area (Å²) in [5.41, 5.74) is 17.3. The molecule has 5 aromatic heterocycles. The van der Waals surface area contributed by atoms with Gasteiger partial charge in [0.25, 0.3) is 0 Å². The number of hydrogen-bond donors (Lipinski definition) is 2. The lowest BCUT2D eigenvalue weighted by Crippen LogP contribution is -2.40. The molecule has 0 aromatic carbocycles. The first-order chi connectivity index (χ1) is 33.4. The molecular weight excluding hydrogens is 1170 g/mol. The van der Waals surface area contributed by atoms with Gasteiger partial charge in [0.2, 0.25) is 0 Å². The van der Waals surface area contributed by atoms with Crippen LogP contribution in [0, 0.1) is 0 Å². The van der Waals surface area contributed by atoms with Crippen molar-refractivity contribution in [1.82, 2.24) is 24.9 Å². The van der Waals surface area contributed by atoms with Crippen molar-refractivity contribution < 1.29 is 34.8 Å². The van der Waals surface area contributed by atoms with Crippen LogP contribution < -0.4 is 21.3 Å². The van der Waals surface area contributed by atoms with Crippen molar-refractivity contribution in [1.29, 1.82) is 0 Å². The zero-order chi connectivity index (χ0) is 52.7. The summed E-state index contributed by atoms with van der Waals surface area (Å²) in [6.45, 7) is 11.9. The number of carbonyl (C=O) groups is 2. The minimum Gasteiger partial charge on any atom is -0.351 e. The Labute approximate surface area is 443 Å². The number of sulfone groups is 3. The SMILES string of the molecule is CCS(=O)(=O)C[C@H](C)c1cncc(-c2cnc3c(c2)CCCN3C(N)=O)c1.CCS(=O)(=O)C[C@H](C)c1cncc(Br)c1.CCS(=O)(=O)C[C@H](C)c1cncc(Br)c1.NC(=O)N1CCCc2cc(Br)cnc21. The quantitative estimate of drug-likeness (QED) is 0.112. The summed E-state index contributed by atoms with van der Waals surface area (Å²) in [4.78, 5) is 46.7. The van der Waals surface area contributed by atoms with Gasteiger partial charge in [0.05, 0.1) is 17.3 Å². The smallest absolute Gasteiger partial charge is 0.320 e. The first-order valence-corrected chi connectivity index (χ1v) is 30.8. The fraction of sp³-hybridized carbons (Fsp3) is 0.438. The number of primary amides is 2. The number of halogens is 3. The van der Waals surface area contributed by atoms with Crippen molar-refractivity contribution >= 4 is 101 Å². The fourth-order valence-corrected chi connectivity index (χ4v) is 12.3. The van der Waals surface area contributed by atoms with Crippen LogP contribution in [0.25, 0.3) is 11.1 Å². The van der Waals surface area contributed by atoms with Crippen LogP contribution >= 0.6 is 47.8 Å². The average molecular weight is 1230 g/mol. The molecule has 0 saturated heterocycles. The van der Waals surface area contributed by atoms with Gasteiger partial charge in [0.1, 0.15) is 11.6 Å². The van der Waals surface area contributed by atoms with Crippen LogP contribution in [0.3, 0.4) is 0 Å². The number of aryl methyl sites for hydroxylation is 2. The molecule has 0 unspecified atom stereocenters. The number of nitrogens with two attached hydrogens (primary N) is 2. The van der Waals surface area contributed by atoms with Crippen LogP contribution in [0.15, 0.2) is 93.3 Å². The maximum atomic E-state index is 11.9. The second-order valence-corrected chi connectivity index (χ2v) is 27.2. The summed E-state index contributed by atoms with van der Waals surface area (Å²) in [6, 6.07) is 8.84. The Morgan fingerprint density at radius 1 is 0.521 bits per heavy atom. The summed E-state index contributed by atoms with van der Waals surface area (Å²) in [6.07, 6.45) is 17.2. The van der Waals surface area contributed by atoms with Gasteiger partial charge in [-0.2, -0.15) is 0 Å². The normalized spacial score (nSPS) is 14.6. The molecule has 5 aromatic rings. The van der Waals surface area contributed by atoms with Crippen LogP contribution in [-0.4, -0.2) is 110 Å². The summed E-state index contributed by atoms with van der Waals surface area (Å²) < 4.78 is 72.3. The number of nitrogens with zero attached hydrogens (tertiary/aromatic N) is 7. The summed E-state index contributed by atoms with van der Waals surface area (Å²) >= 11 is 9.98. The Kier molecular flexibility index (Phi) is 22.5. The number of anilines is 2. The van der Waals surface area contributed by atoms with Crippen molar-refractivity contribution in [3.05, 3.63) is 121 Å². The van der Waals surface area contributed by atoms with Crippen LogP contribution in [0.4, 0.5) is 21.2 Å². The van der Waals surface area contributed by atoms with Gasteiger partial charge in [-0.15, -0.1) is 0 Å². The lowest BCUT2D eigenvalue weighted by Gasteiger charge is -2.27. The van der Waals surface area contributed by atoms with E-state index in [1.807, 2.05) is 51.1 Å². The van der Waals surface area contributed by atoms with E-state index >= 15 is 0 Å². The lowest BCUT2D eigenvalue weighted by molar-refractivity contribution is 0.252. The van der Waals surface area contributed by atoms with Crippen molar-refractivity contribution in [2.75, 3.05) is 57.4 Å². The van der Waals surface area contributed by atoms with Gasteiger partial charge >= 0.3 is 12.1 Å². The minimum atomic E-state index is -3.06. The van der Waals surface area contributed by atoms with E-state index in [2.05, 4.69) is 72.7 Å². The molecule has 23 heteroatoms. The Hall–Kier alpha value is -4.42. The predicted octanol–water partition coefficient (Wildman–Crippen LogP) is 8.95. The van der Waals surface area contributed by atoms with Crippen LogP contribution in [0.5, 0.6) is 0 Å². The zero-order valence-electron chi connectivity index (χ0n) is 40.6. The average Bonchev–Trinajstić information content (AvgIpc) is 3.33. The van der Waals surface area contributed by atoms with Crippen molar-refractivity contribution in [2.45, 2.75) is 85.0 Å². The molecule has 0 fully saturated rings. The van der Waals surface area contributed by atoms with E-state index in [1.165, 1.54) is 9.80 Å². The summed E-state index contributed by atoms with van der Waals surface area (Å²) in [5, 5.41) is 0. The third-order valence-corrected chi connectivity index (χ3v) is 18.6. The van der Waals surface area contributed by atoms with E-state index in [4.69, 9.17) is 11.5 Å². The Balaban J connectivity index is 0.000000216. The summed E-state index contributed by atoms with van der Waals surface area (Å²) in [5.74, 6) is 2.13. The molecule has 0 bridgehead atoms. The third-order valence-electron chi connectivity index (χ3n) is 11.6. The molecule has 7 heterocycles. The van der Waals surface area contributed by atoms with Crippen LogP contribution in [0.2, 0.25) is 0 Å². The second-order valence-electron chi connectivity index (χ2n) is 17.2. The van der Waals surface area contributed by atoms with E-state index in [0.717, 1.165) is 78.0 Å². The zero-order valence-corrected chi connectivity index (χ0v) is 47.8. The van der Waals surface area contributed by atoms with Gasteiger partial charge in [-0.1, -0.05) is 41.5 Å². The number of hydrogen-bond acceptors (Lipinski definition) is 13. The molecule has 0 aliphatic carbocycles. The van der Waals surface area contributed by atoms with E-state index in [-0.39, 0.29) is 52.3 Å². The van der Waals surface area contributed by atoms with Gasteiger partial charge in [0, 0.05) is 104 Å². The van der Waals surface area contributed by atoms with Crippen molar-refractivity contribution in [3.8, 4) is 11.1 Å². The standard InChI is InChI=1S/C19H24N4O3S.2C10H14BrNO2S.C9H10BrN3O/c1-3-27(25,26)12-13(2)15-8-16(10-21-9-15)17-7-14-5-4-6-23(19(20)24)18(14)22-11-17;2*1-3-15(13,14)7-8(2)9-4-10(11)6-12-5-9;10-7-4-6-2-1-3-13(9(11)14)8(6)12-5-7/h7-11,13H,3-6,12H2,1-2H3,(H2,20,24);2*4-6,8H,3,7H2,1-2H3;4-5H,1-3H2,(H2,11,14)/t13-;2*8-;/m000./s1. The Bertz CT molecular complexity index is 2890. The van der Waals surface area contributed by atoms with Crippen molar-refractivity contribution in [3.63, 3.8) is 0 Å². The monoisotopic (exact) mass is 1230 g/mol. The molecule has 2 aliphatic heterocycles. The molecule has 71 heavy (non-hydrogen) atoms.